The molecule has 1 unspecified atom stereocenters. The summed E-state index contributed by atoms with van der Waals surface area (Å²) in [6.07, 6.45) is 1.58. The van der Waals surface area contributed by atoms with Crippen molar-refractivity contribution in [3.63, 3.8) is 0 Å². The third kappa shape index (κ3) is 4.44. The number of rotatable bonds is 6. The zero-order valence-electron chi connectivity index (χ0n) is 9.99. The van der Waals surface area contributed by atoms with Crippen LogP contribution in [0.5, 0.6) is 0 Å². The molecule has 1 atom stereocenters. The fourth-order valence-corrected chi connectivity index (χ4v) is 1.14. The van der Waals surface area contributed by atoms with Crippen molar-refractivity contribution < 1.29 is 9.32 Å². The summed E-state index contributed by atoms with van der Waals surface area (Å²) in [5.74, 6) is 1.20. The van der Waals surface area contributed by atoms with Crippen molar-refractivity contribution in [2.45, 2.75) is 33.4 Å². The summed E-state index contributed by atoms with van der Waals surface area (Å²) in [5.41, 5.74) is 0. The Balaban J connectivity index is 2.23. The standard InChI is InChI=1S/C11H19N3O2/c1-8(2)6-13-11(15)9(3)12-7-10-4-5-14-16-10/h4-5,8-9,12H,6-7H2,1-3H3,(H,13,15). The monoisotopic (exact) mass is 225 g/mol. The van der Waals surface area contributed by atoms with E-state index in [1.807, 2.05) is 6.92 Å². The summed E-state index contributed by atoms with van der Waals surface area (Å²) in [4.78, 5) is 11.6. The minimum Gasteiger partial charge on any atom is -0.360 e. The lowest BCUT2D eigenvalue weighted by Gasteiger charge is -2.14. The summed E-state index contributed by atoms with van der Waals surface area (Å²) in [5, 5.41) is 9.52. The maximum Gasteiger partial charge on any atom is 0.236 e. The number of aromatic nitrogens is 1. The van der Waals surface area contributed by atoms with E-state index in [4.69, 9.17) is 4.52 Å². The molecule has 5 nitrogen and oxygen atoms in total. The Kier molecular flexibility index (Phi) is 4.98. The van der Waals surface area contributed by atoms with Gasteiger partial charge in [0.05, 0.1) is 18.8 Å². The molecular formula is C11H19N3O2. The molecule has 2 N–H and O–H groups in total. The molecule has 0 aliphatic carbocycles. The van der Waals surface area contributed by atoms with Crippen molar-refractivity contribution >= 4 is 5.91 Å². The molecule has 1 aromatic heterocycles. The van der Waals surface area contributed by atoms with Gasteiger partial charge in [-0.05, 0) is 12.8 Å². The van der Waals surface area contributed by atoms with Gasteiger partial charge in [-0.25, -0.2) is 0 Å². The average Bonchev–Trinajstić information content (AvgIpc) is 2.75. The van der Waals surface area contributed by atoms with Gasteiger partial charge in [0, 0.05) is 12.6 Å². The van der Waals surface area contributed by atoms with Gasteiger partial charge >= 0.3 is 0 Å². The molecule has 1 amide bonds. The van der Waals surface area contributed by atoms with Crippen LogP contribution >= 0.6 is 0 Å². The van der Waals surface area contributed by atoms with Crippen molar-refractivity contribution in [1.29, 1.82) is 0 Å². The van der Waals surface area contributed by atoms with Gasteiger partial charge in [0.15, 0.2) is 0 Å². The molecule has 16 heavy (non-hydrogen) atoms. The lowest BCUT2D eigenvalue weighted by molar-refractivity contribution is -0.122. The minimum atomic E-state index is -0.233. The van der Waals surface area contributed by atoms with Crippen LogP contribution in [0.2, 0.25) is 0 Å². The van der Waals surface area contributed by atoms with Crippen molar-refractivity contribution in [3.05, 3.63) is 18.0 Å². The topological polar surface area (TPSA) is 67.2 Å². The highest BCUT2D eigenvalue weighted by Gasteiger charge is 2.12. The second kappa shape index (κ2) is 6.27. The summed E-state index contributed by atoms with van der Waals surface area (Å²) < 4.78 is 4.92. The van der Waals surface area contributed by atoms with E-state index < -0.39 is 0 Å². The molecular weight excluding hydrogens is 206 g/mol. The summed E-state index contributed by atoms with van der Waals surface area (Å²) in [7, 11) is 0. The predicted octanol–water partition coefficient (Wildman–Crippen LogP) is 0.925. The fraction of sp³-hybridized carbons (Fsp3) is 0.636. The van der Waals surface area contributed by atoms with Crippen LogP contribution in [0.1, 0.15) is 26.5 Å². The molecule has 0 aliphatic heterocycles. The Labute approximate surface area is 95.6 Å². The zero-order chi connectivity index (χ0) is 12.0. The van der Waals surface area contributed by atoms with Crippen molar-refractivity contribution in [3.8, 4) is 0 Å². The molecule has 0 aromatic carbocycles. The van der Waals surface area contributed by atoms with Crippen LogP contribution < -0.4 is 10.6 Å². The largest absolute Gasteiger partial charge is 0.360 e. The highest BCUT2D eigenvalue weighted by atomic mass is 16.5. The van der Waals surface area contributed by atoms with Crippen molar-refractivity contribution in [2.75, 3.05) is 6.54 Å². The van der Waals surface area contributed by atoms with E-state index in [1.165, 1.54) is 0 Å². The van der Waals surface area contributed by atoms with Crippen LogP contribution in [0.4, 0.5) is 0 Å². The molecule has 0 bridgehead atoms. The molecule has 0 radical (unpaired) electrons. The Morgan fingerprint density at radius 3 is 2.81 bits per heavy atom. The van der Waals surface area contributed by atoms with Crippen molar-refractivity contribution in [2.24, 2.45) is 5.92 Å². The lowest BCUT2D eigenvalue weighted by atomic mass is 10.2. The van der Waals surface area contributed by atoms with Gasteiger partial charge in [0.1, 0.15) is 5.76 Å². The molecule has 0 saturated heterocycles. The van der Waals surface area contributed by atoms with Gasteiger partial charge in [0.2, 0.25) is 5.91 Å². The average molecular weight is 225 g/mol. The molecule has 90 valence electrons. The molecule has 0 aliphatic rings. The highest BCUT2D eigenvalue weighted by Crippen LogP contribution is 1.96. The van der Waals surface area contributed by atoms with Gasteiger partial charge < -0.3 is 9.84 Å². The number of hydrogen-bond donors (Lipinski definition) is 2. The quantitative estimate of drug-likeness (QED) is 0.755. The fourth-order valence-electron chi connectivity index (χ4n) is 1.14. The van der Waals surface area contributed by atoms with E-state index in [2.05, 4.69) is 29.6 Å². The van der Waals surface area contributed by atoms with Crippen LogP contribution in [0.3, 0.4) is 0 Å². The molecule has 1 heterocycles. The number of nitrogens with one attached hydrogen (secondary N) is 2. The van der Waals surface area contributed by atoms with Crippen LogP contribution in [-0.2, 0) is 11.3 Å². The van der Waals surface area contributed by atoms with E-state index in [9.17, 15) is 4.79 Å². The third-order valence-corrected chi connectivity index (χ3v) is 2.15. The van der Waals surface area contributed by atoms with E-state index in [-0.39, 0.29) is 11.9 Å². The van der Waals surface area contributed by atoms with Gasteiger partial charge in [-0.15, -0.1) is 0 Å². The van der Waals surface area contributed by atoms with E-state index >= 15 is 0 Å². The van der Waals surface area contributed by atoms with E-state index in [1.54, 1.807) is 12.3 Å². The smallest absolute Gasteiger partial charge is 0.236 e. The van der Waals surface area contributed by atoms with Gasteiger partial charge in [-0.3, -0.25) is 10.1 Å². The Hall–Kier alpha value is -1.36. The van der Waals surface area contributed by atoms with Crippen LogP contribution in [0.25, 0.3) is 0 Å². The number of carbonyl (C=O) groups is 1. The number of carbonyl (C=O) groups excluding carboxylic acids is 1. The molecule has 0 spiro atoms. The van der Waals surface area contributed by atoms with Crippen molar-refractivity contribution in [1.82, 2.24) is 15.8 Å². The maximum atomic E-state index is 11.6. The van der Waals surface area contributed by atoms with Gasteiger partial charge in [0.25, 0.3) is 0 Å². The summed E-state index contributed by atoms with van der Waals surface area (Å²) in [6.45, 7) is 7.16. The predicted molar refractivity (Wildman–Crippen MR) is 60.7 cm³/mol. The number of hydrogen-bond acceptors (Lipinski definition) is 4. The highest BCUT2D eigenvalue weighted by molar-refractivity contribution is 5.81. The Morgan fingerprint density at radius 1 is 1.50 bits per heavy atom. The third-order valence-electron chi connectivity index (χ3n) is 2.15. The second-order valence-corrected chi connectivity index (χ2v) is 4.22. The molecule has 5 heteroatoms. The molecule has 0 fully saturated rings. The Bertz CT molecular complexity index is 309. The van der Waals surface area contributed by atoms with Crippen LogP contribution in [0, 0.1) is 5.92 Å². The minimum absolute atomic E-state index is 0.00761. The number of amides is 1. The first-order chi connectivity index (χ1) is 7.59. The lowest BCUT2D eigenvalue weighted by Crippen LogP contribution is -2.42. The Morgan fingerprint density at radius 2 is 2.25 bits per heavy atom. The number of nitrogens with zero attached hydrogens (tertiary/aromatic N) is 1. The maximum absolute atomic E-state index is 11.6. The molecule has 1 rings (SSSR count). The first kappa shape index (κ1) is 12.7. The van der Waals surface area contributed by atoms with Crippen LogP contribution in [0.15, 0.2) is 16.8 Å². The van der Waals surface area contributed by atoms with Gasteiger partial charge in [-0.1, -0.05) is 19.0 Å². The SMILES string of the molecule is CC(C)CNC(=O)C(C)NCc1ccno1. The van der Waals surface area contributed by atoms with Crippen LogP contribution in [-0.4, -0.2) is 23.7 Å². The normalized spacial score (nSPS) is 12.8. The van der Waals surface area contributed by atoms with E-state index in [0.29, 0.717) is 19.0 Å². The van der Waals surface area contributed by atoms with E-state index in [0.717, 1.165) is 5.76 Å². The summed E-state index contributed by atoms with van der Waals surface area (Å²) in [6, 6.07) is 1.54. The zero-order valence-corrected chi connectivity index (χ0v) is 9.99. The molecule has 0 saturated carbocycles. The summed E-state index contributed by atoms with van der Waals surface area (Å²) >= 11 is 0. The first-order valence-corrected chi connectivity index (χ1v) is 5.50. The molecule has 1 aromatic rings. The first-order valence-electron chi connectivity index (χ1n) is 5.50. The second-order valence-electron chi connectivity index (χ2n) is 4.22. The van der Waals surface area contributed by atoms with Gasteiger partial charge in [-0.2, -0.15) is 0 Å².